The minimum Gasteiger partial charge on any atom is -0.379 e. The lowest BCUT2D eigenvalue weighted by atomic mass is 10.1. The van der Waals surface area contributed by atoms with E-state index in [1.807, 2.05) is 13.0 Å². The predicted molar refractivity (Wildman–Crippen MR) is 89.2 cm³/mol. The van der Waals surface area contributed by atoms with Crippen LogP contribution in [0, 0.1) is 12.8 Å². The molecule has 2 atom stereocenters. The maximum atomic E-state index is 12.4. The lowest BCUT2D eigenvalue weighted by Gasteiger charge is -2.21. The molecule has 1 amide bonds. The maximum absolute atomic E-state index is 12.4. The minimum absolute atomic E-state index is 0.0630. The number of hydrogen-bond donors (Lipinski definition) is 1. The number of carbonyl (C=O) groups is 1. The molecule has 8 heteroatoms. The number of ether oxygens (including phenoxy) is 1. The zero-order valence-electron chi connectivity index (χ0n) is 13.4. The Morgan fingerprint density at radius 2 is 2.09 bits per heavy atom. The number of nitrogens with one attached hydrogen (secondary N) is 1. The van der Waals surface area contributed by atoms with Gasteiger partial charge in [-0.15, -0.1) is 0 Å². The van der Waals surface area contributed by atoms with Crippen molar-refractivity contribution in [3.63, 3.8) is 0 Å². The van der Waals surface area contributed by atoms with Gasteiger partial charge in [-0.3, -0.25) is 4.79 Å². The SMILES string of the molecule is Cc1ccc(Cl)c(C(=O)NC2COCC2CS(=O)(=O)N(C)C)c1. The van der Waals surface area contributed by atoms with Crippen LogP contribution in [0.5, 0.6) is 0 Å². The highest BCUT2D eigenvalue weighted by Crippen LogP contribution is 2.20. The molecule has 1 heterocycles. The summed E-state index contributed by atoms with van der Waals surface area (Å²) in [7, 11) is -0.371. The number of rotatable bonds is 5. The third-order valence-electron chi connectivity index (χ3n) is 3.86. The summed E-state index contributed by atoms with van der Waals surface area (Å²) >= 11 is 6.07. The highest BCUT2D eigenvalue weighted by molar-refractivity contribution is 7.89. The van der Waals surface area contributed by atoms with Gasteiger partial charge in [-0.25, -0.2) is 12.7 Å². The molecule has 1 fully saturated rings. The number of hydrogen-bond acceptors (Lipinski definition) is 4. The monoisotopic (exact) mass is 360 g/mol. The average Bonchev–Trinajstić information content (AvgIpc) is 2.87. The second-order valence-corrected chi connectivity index (χ2v) is 8.56. The van der Waals surface area contributed by atoms with Crippen molar-refractivity contribution in [2.24, 2.45) is 5.92 Å². The van der Waals surface area contributed by atoms with Gasteiger partial charge in [0.1, 0.15) is 0 Å². The van der Waals surface area contributed by atoms with Crippen molar-refractivity contribution in [2.45, 2.75) is 13.0 Å². The fourth-order valence-corrected chi connectivity index (χ4v) is 3.77. The van der Waals surface area contributed by atoms with Crippen LogP contribution in [-0.4, -0.2) is 57.7 Å². The van der Waals surface area contributed by atoms with E-state index in [1.165, 1.54) is 18.4 Å². The molecule has 0 saturated carbocycles. The van der Waals surface area contributed by atoms with E-state index in [4.69, 9.17) is 16.3 Å². The summed E-state index contributed by atoms with van der Waals surface area (Å²) in [4.78, 5) is 12.4. The van der Waals surface area contributed by atoms with Crippen LogP contribution in [0.4, 0.5) is 0 Å². The van der Waals surface area contributed by atoms with E-state index in [2.05, 4.69) is 5.32 Å². The van der Waals surface area contributed by atoms with E-state index in [9.17, 15) is 13.2 Å². The Bertz CT molecular complexity index is 691. The van der Waals surface area contributed by atoms with Gasteiger partial charge in [0.25, 0.3) is 5.91 Å². The molecule has 1 aromatic rings. The number of carbonyl (C=O) groups excluding carboxylic acids is 1. The summed E-state index contributed by atoms with van der Waals surface area (Å²) in [5.41, 5.74) is 1.31. The normalized spacial score (nSPS) is 21.6. The fourth-order valence-electron chi connectivity index (χ4n) is 2.40. The Morgan fingerprint density at radius 3 is 2.74 bits per heavy atom. The Hall–Kier alpha value is -1.15. The zero-order chi connectivity index (χ0) is 17.2. The molecule has 0 aromatic heterocycles. The van der Waals surface area contributed by atoms with E-state index in [0.717, 1.165) is 5.56 Å². The molecule has 1 aliphatic heterocycles. The first-order valence-corrected chi connectivity index (χ1v) is 9.24. The Kier molecular flexibility index (Phi) is 5.67. The first-order chi connectivity index (χ1) is 10.7. The van der Waals surface area contributed by atoms with Gasteiger partial charge < -0.3 is 10.1 Å². The smallest absolute Gasteiger partial charge is 0.253 e. The van der Waals surface area contributed by atoms with E-state index in [0.29, 0.717) is 23.8 Å². The van der Waals surface area contributed by atoms with Crippen molar-refractivity contribution >= 4 is 27.5 Å². The molecule has 0 spiro atoms. The maximum Gasteiger partial charge on any atom is 0.253 e. The zero-order valence-corrected chi connectivity index (χ0v) is 14.9. The summed E-state index contributed by atoms with van der Waals surface area (Å²) in [6.45, 7) is 2.47. The first-order valence-electron chi connectivity index (χ1n) is 7.25. The molecule has 2 rings (SSSR count). The number of nitrogens with zero attached hydrogens (tertiary/aromatic N) is 1. The Labute approximate surface area is 141 Å². The summed E-state index contributed by atoms with van der Waals surface area (Å²) in [6, 6.07) is 4.85. The number of sulfonamides is 1. The predicted octanol–water partition coefficient (Wildman–Crippen LogP) is 1.28. The third-order valence-corrected chi connectivity index (χ3v) is 6.15. The largest absolute Gasteiger partial charge is 0.379 e. The average molecular weight is 361 g/mol. The van der Waals surface area contributed by atoms with Gasteiger partial charge in [-0.2, -0.15) is 0 Å². The van der Waals surface area contributed by atoms with Gasteiger partial charge in [0.2, 0.25) is 10.0 Å². The van der Waals surface area contributed by atoms with Crippen LogP contribution in [0.1, 0.15) is 15.9 Å². The van der Waals surface area contributed by atoms with Crippen LogP contribution in [-0.2, 0) is 14.8 Å². The molecule has 128 valence electrons. The molecule has 1 saturated heterocycles. The van der Waals surface area contributed by atoms with Gasteiger partial charge in [0.05, 0.1) is 35.6 Å². The first kappa shape index (κ1) is 18.2. The van der Waals surface area contributed by atoms with Gasteiger partial charge in [-0.05, 0) is 19.1 Å². The van der Waals surface area contributed by atoms with Crippen LogP contribution < -0.4 is 5.32 Å². The molecule has 6 nitrogen and oxygen atoms in total. The van der Waals surface area contributed by atoms with Crippen LogP contribution >= 0.6 is 11.6 Å². The van der Waals surface area contributed by atoms with Crippen LogP contribution in [0.3, 0.4) is 0 Å². The molecular formula is C15H21ClN2O4S. The number of benzene rings is 1. The topological polar surface area (TPSA) is 75.7 Å². The molecule has 1 N–H and O–H groups in total. The summed E-state index contributed by atoms with van der Waals surface area (Å²) in [5.74, 6) is -0.664. The van der Waals surface area contributed by atoms with Crippen LogP contribution in [0.15, 0.2) is 18.2 Å². The van der Waals surface area contributed by atoms with Crippen molar-refractivity contribution in [1.29, 1.82) is 0 Å². The van der Waals surface area contributed by atoms with Gasteiger partial charge >= 0.3 is 0 Å². The molecule has 0 aliphatic carbocycles. The second-order valence-electron chi connectivity index (χ2n) is 5.92. The third kappa shape index (κ3) is 4.44. The number of amides is 1. The van der Waals surface area contributed by atoms with Gasteiger partial charge in [0.15, 0.2) is 0 Å². The molecular weight excluding hydrogens is 340 g/mol. The molecule has 0 radical (unpaired) electrons. The quantitative estimate of drug-likeness (QED) is 0.858. The van der Waals surface area contributed by atoms with Crippen LogP contribution in [0.2, 0.25) is 5.02 Å². The molecule has 1 aromatic carbocycles. The Morgan fingerprint density at radius 1 is 1.39 bits per heavy atom. The van der Waals surface area contributed by atoms with Crippen LogP contribution in [0.25, 0.3) is 0 Å². The van der Waals surface area contributed by atoms with E-state index in [1.54, 1.807) is 12.1 Å². The molecule has 1 aliphatic rings. The van der Waals surface area contributed by atoms with Crippen molar-refractivity contribution in [2.75, 3.05) is 33.1 Å². The minimum atomic E-state index is -3.35. The van der Waals surface area contributed by atoms with Gasteiger partial charge in [0, 0.05) is 20.0 Å². The molecule has 2 unspecified atom stereocenters. The van der Waals surface area contributed by atoms with Crippen molar-refractivity contribution in [1.82, 2.24) is 9.62 Å². The lowest BCUT2D eigenvalue weighted by Crippen LogP contribution is -2.43. The highest BCUT2D eigenvalue weighted by Gasteiger charge is 2.34. The fraction of sp³-hybridized carbons (Fsp3) is 0.533. The van der Waals surface area contributed by atoms with E-state index >= 15 is 0 Å². The second kappa shape index (κ2) is 7.17. The summed E-state index contributed by atoms with van der Waals surface area (Å²) in [5, 5.41) is 3.21. The standard InChI is InChI=1S/C15H21ClN2O4S/c1-10-4-5-13(16)12(6-10)15(19)17-14-8-22-7-11(14)9-23(20,21)18(2)3/h4-6,11,14H,7-9H2,1-3H3,(H,17,19). The van der Waals surface area contributed by atoms with Crippen molar-refractivity contribution in [3.05, 3.63) is 34.3 Å². The van der Waals surface area contributed by atoms with Gasteiger partial charge in [-0.1, -0.05) is 23.2 Å². The summed E-state index contributed by atoms with van der Waals surface area (Å²) in [6.07, 6.45) is 0. The van der Waals surface area contributed by atoms with Crippen molar-refractivity contribution < 1.29 is 17.9 Å². The molecule has 23 heavy (non-hydrogen) atoms. The lowest BCUT2D eigenvalue weighted by molar-refractivity contribution is 0.0926. The highest BCUT2D eigenvalue weighted by atomic mass is 35.5. The number of halogens is 1. The van der Waals surface area contributed by atoms with E-state index in [-0.39, 0.29) is 23.6 Å². The summed E-state index contributed by atoms with van der Waals surface area (Å²) < 4.78 is 30.6. The van der Waals surface area contributed by atoms with Crippen molar-refractivity contribution in [3.8, 4) is 0 Å². The Balaban J connectivity index is 2.09. The van der Waals surface area contributed by atoms with E-state index < -0.39 is 10.0 Å². The molecule has 0 bridgehead atoms. The number of aryl methyl sites for hydroxylation is 1.